The molecule has 0 aromatic heterocycles. The summed E-state index contributed by atoms with van der Waals surface area (Å²) in [4.78, 5) is 14.2. The van der Waals surface area contributed by atoms with Gasteiger partial charge in [-0.3, -0.25) is 4.79 Å². The molecule has 24 heavy (non-hydrogen) atoms. The molecule has 0 radical (unpaired) electrons. The summed E-state index contributed by atoms with van der Waals surface area (Å²) in [5.41, 5.74) is 2.16. The number of ether oxygens (including phenoxy) is 2. The van der Waals surface area contributed by atoms with Crippen LogP contribution in [0.5, 0.6) is 0 Å². The van der Waals surface area contributed by atoms with Gasteiger partial charge in [0.1, 0.15) is 6.61 Å². The average Bonchev–Trinajstić information content (AvgIpc) is 2.55. The Morgan fingerprint density at radius 3 is 2.71 bits per heavy atom. The van der Waals surface area contributed by atoms with Gasteiger partial charge in [0.05, 0.1) is 19.8 Å². The minimum atomic E-state index is -4.32. The van der Waals surface area contributed by atoms with Crippen LogP contribution in [0.15, 0.2) is 18.2 Å². The molecule has 1 fully saturated rings. The fourth-order valence-corrected chi connectivity index (χ4v) is 2.34. The molecule has 1 aromatic rings. The van der Waals surface area contributed by atoms with E-state index >= 15 is 0 Å². The van der Waals surface area contributed by atoms with Crippen LogP contribution in [0.4, 0.5) is 18.9 Å². The van der Waals surface area contributed by atoms with Gasteiger partial charge in [-0.15, -0.1) is 0 Å². The summed E-state index contributed by atoms with van der Waals surface area (Å²) in [5.74, 6) is -0.0744. The number of benzene rings is 1. The molecular formula is C16H21F3N2O3. The van der Waals surface area contributed by atoms with Crippen LogP contribution in [0.25, 0.3) is 0 Å². The Morgan fingerprint density at radius 2 is 2.04 bits per heavy atom. The molecule has 1 N–H and O–H groups in total. The Morgan fingerprint density at radius 1 is 1.33 bits per heavy atom. The Labute approximate surface area is 138 Å². The van der Waals surface area contributed by atoms with Gasteiger partial charge in [-0.2, -0.15) is 13.2 Å². The highest BCUT2D eigenvalue weighted by Gasteiger charge is 2.27. The maximum Gasteiger partial charge on any atom is 0.411 e. The van der Waals surface area contributed by atoms with Crippen LogP contribution < -0.4 is 5.32 Å². The van der Waals surface area contributed by atoms with Gasteiger partial charge >= 0.3 is 6.18 Å². The van der Waals surface area contributed by atoms with Crippen LogP contribution in [0.3, 0.4) is 0 Å². The second-order valence-corrected chi connectivity index (χ2v) is 5.53. The Hall–Kier alpha value is -1.80. The van der Waals surface area contributed by atoms with Gasteiger partial charge in [0.2, 0.25) is 0 Å². The number of carbonyl (C=O) groups excluding carboxylic acids is 1. The molecular weight excluding hydrogens is 325 g/mol. The lowest BCUT2D eigenvalue weighted by Crippen LogP contribution is -2.40. The van der Waals surface area contributed by atoms with Crippen molar-refractivity contribution in [3.05, 3.63) is 29.3 Å². The van der Waals surface area contributed by atoms with E-state index in [9.17, 15) is 18.0 Å². The van der Waals surface area contributed by atoms with Crippen LogP contribution in [-0.4, -0.2) is 63.0 Å². The summed E-state index contributed by atoms with van der Waals surface area (Å²) in [7, 11) is 0. The minimum Gasteiger partial charge on any atom is -0.382 e. The van der Waals surface area contributed by atoms with Crippen molar-refractivity contribution < 1.29 is 27.4 Å². The summed E-state index contributed by atoms with van der Waals surface area (Å²) >= 11 is 0. The molecule has 1 aliphatic heterocycles. The van der Waals surface area contributed by atoms with Gasteiger partial charge in [-0.05, 0) is 24.6 Å². The van der Waals surface area contributed by atoms with Crippen molar-refractivity contribution in [2.45, 2.75) is 13.1 Å². The molecule has 0 aliphatic carbocycles. The van der Waals surface area contributed by atoms with Gasteiger partial charge < -0.3 is 19.7 Å². The summed E-state index contributed by atoms with van der Waals surface area (Å²) in [5, 5.41) is 3.01. The van der Waals surface area contributed by atoms with Crippen molar-refractivity contribution in [1.29, 1.82) is 0 Å². The molecule has 8 heteroatoms. The zero-order valence-electron chi connectivity index (χ0n) is 13.5. The van der Waals surface area contributed by atoms with Crippen LogP contribution in [-0.2, 0) is 9.47 Å². The minimum absolute atomic E-state index is 0.0689. The molecule has 0 atom stereocenters. The lowest BCUT2D eigenvalue weighted by Gasteiger charge is -2.27. The summed E-state index contributed by atoms with van der Waals surface area (Å²) in [6, 6.07) is 5.28. The number of rotatable bonds is 6. The van der Waals surface area contributed by atoms with Gasteiger partial charge in [0, 0.05) is 30.9 Å². The number of hydrogen-bond acceptors (Lipinski definition) is 4. The third-order valence-corrected chi connectivity index (χ3v) is 3.61. The molecule has 1 saturated heterocycles. The Balaban J connectivity index is 1.89. The van der Waals surface area contributed by atoms with E-state index in [-0.39, 0.29) is 19.1 Å². The van der Waals surface area contributed by atoms with E-state index in [1.165, 1.54) is 0 Å². The number of carbonyl (C=O) groups is 1. The van der Waals surface area contributed by atoms with Crippen molar-refractivity contribution in [2.75, 3.05) is 51.4 Å². The van der Waals surface area contributed by atoms with Crippen molar-refractivity contribution in [3.8, 4) is 0 Å². The third-order valence-electron chi connectivity index (χ3n) is 3.61. The molecule has 0 unspecified atom stereocenters. The van der Waals surface area contributed by atoms with Crippen molar-refractivity contribution in [3.63, 3.8) is 0 Å². The molecule has 1 heterocycles. The number of morpholine rings is 1. The molecule has 0 bridgehead atoms. The first-order chi connectivity index (χ1) is 11.4. The lowest BCUT2D eigenvalue weighted by molar-refractivity contribution is -0.172. The second-order valence-electron chi connectivity index (χ2n) is 5.53. The lowest BCUT2D eigenvalue weighted by atomic mass is 10.1. The van der Waals surface area contributed by atoms with E-state index in [4.69, 9.17) is 4.74 Å². The number of nitrogens with one attached hydrogen (secondary N) is 1. The fraction of sp³-hybridized carbons (Fsp3) is 0.562. The maximum absolute atomic E-state index is 12.4. The zero-order valence-corrected chi connectivity index (χ0v) is 13.5. The van der Waals surface area contributed by atoms with E-state index < -0.39 is 12.8 Å². The highest BCUT2D eigenvalue weighted by molar-refractivity contribution is 5.95. The number of alkyl halides is 3. The first kappa shape index (κ1) is 18.5. The Kier molecular flexibility index (Phi) is 6.44. The normalized spacial score (nSPS) is 15.4. The van der Waals surface area contributed by atoms with E-state index in [1.54, 1.807) is 17.0 Å². The van der Waals surface area contributed by atoms with Crippen molar-refractivity contribution >= 4 is 11.6 Å². The quantitative estimate of drug-likeness (QED) is 0.804. The standard InChI is InChI=1S/C16H21F3N2O3/c1-12-2-3-13(15(22)21-5-8-23-9-6-21)10-14(12)20-4-7-24-11-16(17,18)19/h2-3,10,20H,4-9,11H2,1H3. The highest BCUT2D eigenvalue weighted by Crippen LogP contribution is 2.19. The smallest absolute Gasteiger partial charge is 0.382 e. The van der Waals surface area contributed by atoms with Crippen molar-refractivity contribution in [1.82, 2.24) is 4.90 Å². The van der Waals surface area contributed by atoms with E-state index in [1.807, 2.05) is 13.0 Å². The molecule has 5 nitrogen and oxygen atoms in total. The molecule has 134 valence electrons. The van der Waals surface area contributed by atoms with Gasteiger partial charge in [0.25, 0.3) is 5.91 Å². The first-order valence-corrected chi connectivity index (χ1v) is 7.73. The van der Waals surface area contributed by atoms with Crippen molar-refractivity contribution in [2.24, 2.45) is 0 Å². The Bertz CT molecular complexity index is 558. The topological polar surface area (TPSA) is 50.8 Å². The van der Waals surface area contributed by atoms with Crippen LogP contribution >= 0.6 is 0 Å². The molecule has 1 amide bonds. The largest absolute Gasteiger partial charge is 0.411 e. The molecule has 2 rings (SSSR count). The molecule has 1 aliphatic rings. The summed E-state index contributed by atoms with van der Waals surface area (Å²) < 4.78 is 45.8. The molecule has 0 spiro atoms. The van der Waals surface area contributed by atoms with E-state index in [0.717, 1.165) is 5.56 Å². The zero-order chi connectivity index (χ0) is 17.6. The molecule has 1 aromatic carbocycles. The number of nitrogens with zero attached hydrogens (tertiary/aromatic N) is 1. The molecule has 0 saturated carbocycles. The fourth-order valence-electron chi connectivity index (χ4n) is 2.34. The van der Waals surface area contributed by atoms with Crippen LogP contribution in [0.2, 0.25) is 0 Å². The summed E-state index contributed by atoms with van der Waals surface area (Å²) in [6.45, 7) is 2.93. The number of anilines is 1. The van der Waals surface area contributed by atoms with E-state index in [0.29, 0.717) is 37.6 Å². The number of amides is 1. The summed E-state index contributed by atoms with van der Waals surface area (Å²) in [6.07, 6.45) is -4.32. The number of aryl methyl sites for hydroxylation is 1. The number of hydrogen-bond donors (Lipinski definition) is 1. The van der Waals surface area contributed by atoms with Gasteiger partial charge in [-0.1, -0.05) is 6.07 Å². The SMILES string of the molecule is Cc1ccc(C(=O)N2CCOCC2)cc1NCCOCC(F)(F)F. The number of halogens is 3. The van der Waals surface area contributed by atoms with Crippen LogP contribution in [0.1, 0.15) is 15.9 Å². The predicted octanol–water partition coefficient (Wildman–Crippen LogP) is 2.46. The first-order valence-electron chi connectivity index (χ1n) is 7.73. The second kappa shape index (κ2) is 8.34. The predicted molar refractivity (Wildman–Crippen MR) is 83.3 cm³/mol. The highest BCUT2D eigenvalue weighted by atomic mass is 19.4. The monoisotopic (exact) mass is 346 g/mol. The van der Waals surface area contributed by atoms with E-state index in [2.05, 4.69) is 10.1 Å². The third kappa shape index (κ3) is 5.68. The average molecular weight is 346 g/mol. The van der Waals surface area contributed by atoms with Gasteiger partial charge in [-0.25, -0.2) is 0 Å². The maximum atomic E-state index is 12.4. The van der Waals surface area contributed by atoms with Gasteiger partial charge in [0.15, 0.2) is 0 Å². The van der Waals surface area contributed by atoms with Crippen LogP contribution in [0, 0.1) is 6.92 Å².